The summed E-state index contributed by atoms with van der Waals surface area (Å²) in [7, 11) is -4.19. The standard InChI is InChI=1S/C28H25FN4O6S/c29-23-12-11-21(17-25(23)40(36,37)32-13-15-38-16-14-32)28(35)39-19-27(34)30-26-18-24(20-7-3-1-4-8-20)31-33(26)22-9-5-2-6-10-22/h1-12,17-18H,13-16,19H2,(H,30,34). The zero-order chi connectivity index (χ0) is 28.1. The molecular formula is C28H25FN4O6S. The van der Waals surface area contributed by atoms with Crippen LogP contribution in [0.3, 0.4) is 0 Å². The predicted octanol–water partition coefficient (Wildman–Crippen LogP) is 3.49. The highest BCUT2D eigenvalue weighted by Gasteiger charge is 2.30. The van der Waals surface area contributed by atoms with Crippen LogP contribution in [0, 0.1) is 5.82 Å². The number of sulfonamides is 1. The van der Waals surface area contributed by atoms with Gasteiger partial charge in [-0.3, -0.25) is 4.79 Å². The van der Waals surface area contributed by atoms with Gasteiger partial charge in [0.1, 0.15) is 16.5 Å². The van der Waals surface area contributed by atoms with E-state index in [2.05, 4.69) is 10.4 Å². The van der Waals surface area contributed by atoms with E-state index in [0.29, 0.717) is 17.2 Å². The van der Waals surface area contributed by atoms with Crippen LogP contribution in [0.15, 0.2) is 89.8 Å². The van der Waals surface area contributed by atoms with Crippen molar-refractivity contribution < 1.29 is 31.9 Å². The number of anilines is 1. The van der Waals surface area contributed by atoms with E-state index >= 15 is 0 Å². The molecule has 4 aromatic rings. The van der Waals surface area contributed by atoms with Gasteiger partial charge < -0.3 is 14.8 Å². The zero-order valence-corrected chi connectivity index (χ0v) is 22.0. The number of ether oxygens (including phenoxy) is 2. The Morgan fingerprint density at radius 3 is 2.33 bits per heavy atom. The van der Waals surface area contributed by atoms with E-state index in [-0.39, 0.29) is 31.9 Å². The summed E-state index contributed by atoms with van der Waals surface area (Å²) in [5.41, 5.74) is 1.97. The number of hydrogen-bond acceptors (Lipinski definition) is 7. The molecule has 206 valence electrons. The number of hydrogen-bond donors (Lipinski definition) is 1. The molecular weight excluding hydrogens is 539 g/mol. The third-order valence-corrected chi connectivity index (χ3v) is 8.05. The van der Waals surface area contributed by atoms with Crippen LogP contribution in [0.4, 0.5) is 10.2 Å². The number of nitrogens with zero attached hydrogens (tertiary/aromatic N) is 3. The van der Waals surface area contributed by atoms with Gasteiger partial charge >= 0.3 is 5.97 Å². The van der Waals surface area contributed by atoms with Crippen LogP contribution in [-0.4, -0.2) is 67.3 Å². The minimum Gasteiger partial charge on any atom is -0.452 e. The highest BCUT2D eigenvalue weighted by atomic mass is 32.2. The van der Waals surface area contributed by atoms with Crippen LogP contribution in [0.2, 0.25) is 0 Å². The van der Waals surface area contributed by atoms with Gasteiger partial charge in [-0.05, 0) is 30.3 Å². The van der Waals surface area contributed by atoms with Crippen LogP contribution >= 0.6 is 0 Å². The first-order chi connectivity index (χ1) is 19.3. The maximum absolute atomic E-state index is 14.5. The summed E-state index contributed by atoms with van der Waals surface area (Å²) in [5, 5.41) is 7.32. The Labute approximate surface area is 230 Å². The van der Waals surface area contributed by atoms with Crippen molar-refractivity contribution in [2.45, 2.75) is 4.90 Å². The second kappa shape index (κ2) is 11.8. The molecule has 0 atom stereocenters. The summed E-state index contributed by atoms with van der Waals surface area (Å²) in [6.45, 7) is -0.145. The normalized spacial score (nSPS) is 14.0. The number of amides is 1. The monoisotopic (exact) mass is 564 g/mol. The largest absolute Gasteiger partial charge is 0.452 e. The maximum atomic E-state index is 14.5. The van der Waals surface area contributed by atoms with Gasteiger partial charge in [-0.15, -0.1) is 0 Å². The average Bonchev–Trinajstić information content (AvgIpc) is 3.41. The summed E-state index contributed by atoms with van der Waals surface area (Å²) < 4.78 is 53.2. The Kier molecular flexibility index (Phi) is 8.01. The van der Waals surface area contributed by atoms with Gasteiger partial charge in [0, 0.05) is 24.7 Å². The van der Waals surface area contributed by atoms with Gasteiger partial charge in [-0.25, -0.2) is 22.3 Å². The number of halogens is 1. The highest BCUT2D eigenvalue weighted by Crippen LogP contribution is 2.25. The number of rotatable bonds is 8. The Hall–Kier alpha value is -4.39. The SMILES string of the molecule is O=C(COC(=O)c1ccc(F)c(S(=O)(=O)N2CCOCC2)c1)Nc1cc(-c2ccccc2)nn1-c1ccccc1. The van der Waals surface area contributed by atoms with E-state index < -0.39 is 39.2 Å². The first kappa shape index (κ1) is 27.2. The molecule has 0 aliphatic carbocycles. The topological polar surface area (TPSA) is 120 Å². The number of nitrogens with one attached hydrogen (secondary N) is 1. The van der Waals surface area contributed by atoms with Crippen molar-refractivity contribution in [3.63, 3.8) is 0 Å². The summed E-state index contributed by atoms with van der Waals surface area (Å²) in [5.74, 6) is -2.26. The highest BCUT2D eigenvalue weighted by molar-refractivity contribution is 7.89. The molecule has 0 saturated carbocycles. The molecule has 1 amide bonds. The molecule has 1 aromatic heterocycles. The summed E-state index contributed by atoms with van der Waals surface area (Å²) in [4.78, 5) is 24.8. The summed E-state index contributed by atoms with van der Waals surface area (Å²) >= 11 is 0. The van der Waals surface area contributed by atoms with Crippen molar-refractivity contribution >= 4 is 27.7 Å². The number of esters is 1. The lowest BCUT2D eigenvalue weighted by atomic mass is 10.2. The third-order valence-electron chi connectivity index (χ3n) is 6.14. The second-order valence-corrected chi connectivity index (χ2v) is 10.7. The number of morpholine rings is 1. The van der Waals surface area contributed by atoms with Gasteiger partial charge in [0.15, 0.2) is 6.61 Å². The fourth-order valence-corrected chi connectivity index (χ4v) is 5.63. The number of benzene rings is 3. The van der Waals surface area contributed by atoms with Gasteiger partial charge in [0.25, 0.3) is 5.91 Å². The molecule has 12 heteroatoms. The Bertz CT molecular complexity index is 1620. The van der Waals surface area contributed by atoms with E-state index in [4.69, 9.17) is 9.47 Å². The Morgan fingerprint density at radius 1 is 0.950 bits per heavy atom. The van der Waals surface area contributed by atoms with Crippen LogP contribution < -0.4 is 5.32 Å². The predicted molar refractivity (Wildman–Crippen MR) is 144 cm³/mol. The van der Waals surface area contributed by atoms with E-state index in [1.165, 1.54) is 0 Å². The molecule has 0 bridgehead atoms. The van der Waals surface area contributed by atoms with Crippen LogP contribution in [0.25, 0.3) is 16.9 Å². The fourth-order valence-electron chi connectivity index (χ4n) is 4.13. The van der Waals surface area contributed by atoms with E-state index in [1.807, 2.05) is 60.7 Å². The zero-order valence-electron chi connectivity index (χ0n) is 21.2. The van der Waals surface area contributed by atoms with Gasteiger partial charge in [-0.2, -0.15) is 9.40 Å². The Morgan fingerprint density at radius 2 is 1.62 bits per heavy atom. The van der Waals surface area contributed by atoms with Crippen LogP contribution in [-0.2, 0) is 24.3 Å². The number of para-hydroxylation sites is 1. The van der Waals surface area contributed by atoms with E-state index in [9.17, 15) is 22.4 Å². The number of carbonyl (C=O) groups is 2. The molecule has 1 aliphatic heterocycles. The smallest absolute Gasteiger partial charge is 0.338 e. The molecule has 0 radical (unpaired) electrons. The van der Waals surface area contributed by atoms with Crippen molar-refractivity contribution in [2.75, 3.05) is 38.2 Å². The van der Waals surface area contributed by atoms with Gasteiger partial charge in [-0.1, -0.05) is 48.5 Å². The second-order valence-electron chi connectivity index (χ2n) is 8.81. The lowest BCUT2D eigenvalue weighted by Gasteiger charge is -2.26. The molecule has 3 aromatic carbocycles. The van der Waals surface area contributed by atoms with Crippen LogP contribution in [0.5, 0.6) is 0 Å². The van der Waals surface area contributed by atoms with Crippen molar-refractivity contribution in [1.82, 2.24) is 14.1 Å². The lowest BCUT2D eigenvalue weighted by molar-refractivity contribution is -0.119. The first-order valence-electron chi connectivity index (χ1n) is 12.4. The molecule has 1 aliphatic rings. The van der Waals surface area contributed by atoms with E-state index in [0.717, 1.165) is 28.1 Å². The summed E-state index contributed by atoms with van der Waals surface area (Å²) in [6.07, 6.45) is 0. The minimum absolute atomic E-state index is 0.0716. The minimum atomic E-state index is -4.19. The molecule has 1 saturated heterocycles. The maximum Gasteiger partial charge on any atom is 0.338 e. The number of aromatic nitrogens is 2. The average molecular weight is 565 g/mol. The van der Waals surface area contributed by atoms with Crippen molar-refractivity contribution in [1.29, 1.82) is 0 Å². The van der Waals surface area contributed by atoms with Crippen molar-refractivity contribution in [3.8, 4) is 16.9 Å². The molecule has 1 N–H and O–H groups in total. The molecule has 5 rings (SSSR count). The molecule has 2 heterocycles. The quantitative estimate of drug-likeness (QED) is 0.325. The fraction of sp³-hybridized carbons (Fsp3) is 0.179. The van der Waals surface area contributed by atoms with Crippen LogP contribution in [0.1, 0.15) is 10.4 Å². The Balaban J connectivity index is 1.30. The van der Waals surface area contributed by atoms with Crippen molar-refractivity contribution in [3.05, 3.63) is 96.3 Å². The van der Waals surface area contributed by atoms with Gasteiger partial charge in [0.05, 0.1) is 30.2 Å². The first-order valence-corrected chi connectivity index (χ1v) is 13.8. The molecule has 40 heavy (non-hydrogen) atoms. The summed E-state index contributed by atoms with van der Waals surface area (Å²) in [6, 6.07) is 23.2. The molecule has 0 spiro atoms. The van der Waals surface area contributed by atoms with E-state index in [1.54, 1.807) is 10.7 Å². The van der Waals surface area contributed by atoms with Crippen molar-refractivity contribution in [2.24, 2.45) is 0 Å². The third kappa shape index (κ3) is 5.93. The molecule has 0 unspecified atom stereocenters. The lowest BCUT2D eigenvalue weighted by Crippen LogP contribution is -2.41. The number of carbonyl (C=O) groups excluding carboxylic acids is 2. The van der Waals surface area contributed by atoms with Gasteiger partial charge in [0.2, 0.25) is 10.0 Å². The molecule has 1 fully saturated rings. The molecule has 10 nitrogen and oxygen atoms in total.